The monoisotopic (exact) mass is 160 g/mol. The zero-order valence-corrected chi connectivity index (χ0v) is 6.70. The first-order valence-corrected chi connectivity index (χ1v) is 4.33. The van der Waals surface area contributed by atoms with E-state index in [-0.39, 0.29) is 6.10 Å². The van der Waals surface area contributed by atoms with Gasteiger partial charge in [0.15, 0.2) is 0 Å². The molecule has 2 N–H and O–H groups in total. The highest BCUT2D eigenvalue weighted by Gasteiger charge is 2.20. The molecule has 2 unspecified atom stereocenters. The Kier molecular flexibility index (Phi) is 3.83. The van der Waals surface area contributed by atoms with Crippen molar-refractivity contribution < 1.29 is 15.3 Å². The van der Waals surface area contributed by atoms with E-state index in [1.54, 1.807) is 0 Å². The second-order valence-electron chi connectivity index (χ2n) is 3.20. The van der Waals surface area contributed by atoms with E-state index >= 15 is 0 Å². The van der Waals surface area contributed by atoms with Crippen LogP contribution in [0.1, 0.15) is 38.5 Å². The molecule has 0 spiro atoms. The van der Waals surface area contributed by atoms with Crippen LogP contribution in [-0.4, -0.2) is 22.6 Å². The van der Waals surface area contributed by atoms with Gasteiger partial charge < -0.3 is 5.11 Å². The molecular formula is C8H16O3. The third-order valence-corrected chi connectivity index (χ3v) is 2.30. The highest BCUT2D eigenvalue weighted by Crippen LogP contribution is 2.19. The molecule has 0 saturated heterocycles. The molecule has 3 nitrogen and oxygen atoms in total. The van der Waals surface area contributed by atoms with Gasteiger partial charge >= 0.3 is 0 Å². The molecule has 1 aliphatic carbocycles. The summed E-state index contributed by atoms with van der Waals surface area (Å²) in [5.41, 5.74) is 0. The van der Waals surface area contributed by atoms with E-state index in [0.29, 0.717) is 0 Å². The molecule has 3 heteroatoms. The van der Waals surface area contributed by atoms with E-state index in [2.05, 4.69) is 4.89 Å². The van der Waals surface area contributed by atoms with Crippen molar-refractivity contribution in [3.63, 3.8) is 0 Å². The van der Waals surface area contributed by atoms with Crippen LogP contribution in [0.4, 0.5) is 0 Å². The van der Waals surface area contributed by atoms with Crippen molar-refractivity contribution in [3.8, 4) is 0 Å². The van der Waals surface area contributed by atoms with Gasteiger partial charge in [-0.2, -0.15) is 0 Å². The number of hydrogen-bond donors (Lipinski definition) is 2. The van der Waals surface area contributed by atoms with Crippen LogP contribution in [0.5, 0.6) is 0 Å². The lowest BCUT2D eigenvalue weighted by Crippen LogP contribution is -2.29. The summed E-state index contributed by atoms with van der Waals surface area (Å²) in [7, 11) is 0. The Bertz CT molecular complexity index is 106. The molecule has 0 aliphatic heterocycles. The van der Waals surface area contributed by atoms with Crippen LogP contribution in [-0.2, 0) is 4.89 Å². The highest BCUT2D eigenvalue weighted by atomic mass is 17.1. The normalized spacial score (nSPS) is 34.4. The van der Waals surface area contributed by atoms with Crippen molar-refractivity contribution in [1.29, 1.82) is 0 Å². The van der Waals surface area contributed by atoms with E-state index < -0.39 is 6.10 Å². The lowest BCUT2D eigenvalue weighted by atomic mass is 9.96. The Morgan fingerprint density at radius 2 is 1.64 bits per heavy atom. The highest BCUT2D eigenvalue weighted by molar-refractivity contribution is 4.70. The molecule has 66 valence electrons. The summed E-state index contributed by atoms with van der Waals surface area (Å²) >= 11 is 0. The van der Waals surface area contributed by atoms with Crippen molar-refractivity contribution >= 4 is 0 Å². The van der Waals surface area contributed by atoms with Gasteiger partial charge in [-0.3, -0.25) is 5.26 Å². The van der Waals surface area contributed by atoms with Crippen molar-refractivity contribution in [2.45, 2.75) is 50.7 Å². The third-order valence-electron chi connectivity index (χ3n) is 2.30. The largest absolute Gasteiger partial charge is 0.390 e. The molecule has 0 aromatic heterocycles. The van der Waals surface area contributed by atoms with Gasteiger partial charge in [0, 0.05) is 0 Å². The molecule has 1 saturated carbocycles. The smallest absolute Gasteiger partial charge is 0.118 e. The van der Waals surface area contributed by atoms with Crippen LogP contribution in [0.15, 0.2) is 0 Å². The summed E-state index contributed by atoms with van der Waals surface area (Å²) in [5, 5.41) is 17.8. The first kappa shape index (κ1) is 8.97. The summed E-state index contributed by atoms with van der Waals surface area (Å²) in [5.74, 6) is 0. The molecule has 0 aromatic rings. The zero-order valence-electron chi connectivity index (χ0n) is 6.70. The first-order valence-electron chi connectivity index (χ1n) is 4.33. The van der Waals surface area contributed by atoms with E-state index in [0.717, 1.165) is 25.7 Å². The number of rotatable bonds is 1. The van der Waals surface area contributed by atoms with E-state index in [9.17, 15) is 5.11 Å². The SMILES string of the molecule is OOC1CCCCCCC1O. The molecule has 0 heterocycles. The van der Waals surface area contributed by atoms with E-state index in [4.69, 9.17) is 5.26 Å². The van der Waals surface area contributed by atoms with Gasteiger partial charge in [0.1, 0.15) is 6.10 Å². The summed E-state index contributed by atoms with van der Waals surface area (Å²) in [6.07, 6.45) is 5.17. The van der Waals surface area contributed by atoms with Crippen LogP contribution in [0.25, 0.3) is 0 Å². The maximum Gasteiger partial charge on any atom is 0.118 e. The predicted octanol–water partition coefficient (Wildman–Crippen LogP) is 1.56. The van der Waals surface area contributed by atoms with E-state index in [1.165, 1.54) is 12.8 Å². The number of hydrogen-bond acceptors (Lipinski definition) is 3. The van der Waals surface area contributed by atoms with Gasteiger partial charge in [0.25, 0.3) is 0 Å². The van der Waals surface area contributed by atoms with Gasteiger partial charge in [-0.25, -0.2) is 4.89 Å². The molecule has 11 heavy (non-hydrogen) atoms. The summed E-state index contributed by atoms with van der Waals surface area (Å²) < 4.78 is 0. The molecule has 0 aromatic carbocycles. The Morgan fingerprint density at radius 1 is 1.00 bits per heavy atom. The average molecular weight is 160 g/mol. The van der Waals surface area contributed by atoms with Gasteiger partial charge in [-0.05, 0) is 12.8 Å². The number of aliphatic hydroxyl groups is 1. The molecule has 0 radical (unpaired) electrons. The minimum atomic E-state index is -0.472. The lowest BCUT2D eigenvalue weighted by Gasteiger charge is -2.21. The summed E-state index contributed by atoms with van der Waals surface area (Å²) in [6, 6.07) is 0. The molecule has 2 atom stereocenters. The molecule has 0 amide bonds. The van der Waals surface area contributed by atoms with Crippen LogP contribution < -0.4 is 0 Å². The summed E-state index contributed by atoms with van der Waals surface area (Å²) in [4.78, 5) is 4.19. The summed E-state index contributed by atoms with van der Waals surface area (Å²) in [6.45, 7) is 0. The molecule has 1 fully saturated rings. The Balaban J connectivity index is 2.33. The molecule has 1 rings (SSSR count). The average Bonchev–Trinajstić information content (AvgIpc) is 1.98. The Morgan fingerprint density at radius 3 is 2.27 bits per heavy atom. The second-order valence-corrected chi connectivity index (χ2v) is 3.20. The maximum absolute atomic E-state index is 9.39. The van der Waals surface area contributed by atoms with Gasteiger partial charge in [0.05, 0.1) is 6.10 Å². The van der Waals surface area contributed by atoms with E-state index in [1.807, 2.05) is 0 Å². The maximum atomic E-state index is 9.39. The van der Waals surface area contributed by atoms with Gasteiger partial charge in [-0.15, -0.1) is 0 Å². The van der Waals surface area contributed by atoms with Crippen LogP contribution in [0.3, 0.4) is 0 Å². The molecule has 0 bridgehead atoms. The predicted molar refractivity (Wildman–Crippen MR) is 41.2 cm³/mol. The van der Waals surface area contributed by atoms with Crippen LogP contribution in [0, 0.1) is 0 Å². The van der Waals surface area contributed by atoms with Crippen molar-refractivity contribution in [2.75, 3.05) is 0 Å². The lowest BCUT2D eigenvalue weighted by molar-refractivity contribution is -0.299. The number of aliphatic hydroxyl groups excluding tert-OH is 1. The van der Waals surface area contributed by atoms with Crippen LogP contribution >= 0.6 is 0 Å². The molecular weight excluding hydrogens is 144 g/mol. The fraction of sp³-hybridized carbons (Fsp3) is 1.00. The molecule has 1 aliphatic rings. The first-order chi connectivity index (χ1) is 5.34. The van der Waals surface area contributed by atoms with Gasteiger partial charge in [-0.1, -0.05) is 25.7 Å². The fourth-order valence-electron chi connectivity index (χ4n) is 1.55. The topological polar surface area (TPSA) is 49.7 Å². The minimum absolute atomic E-state index is 0.352. The van der Waals surface area contributed by atoms with Crippen molar-refractivity contribution in [3.05, 3.63) is 0 Å². The van der Waals surface area contributed by atoms with Gasteiger partial charge in [0.2, 0.25) is 0 Å². The Labute approximate surface area is 66.9 Å². The Hall–Kier alpha value is -0.120. The second kappa shape index (κ2) is 4.70. The fourth-order valence-corrected chi connectivity index (χ4v) is 1.55. The van der Waals surface area contributed by atoms with Crippen molar-refractivity contribution in [2.24, 2.45) is 0 Å². The van der Waals surface area contributed by atoms with Crippen LogP contribution in [0.2, 0.25) is 0 Å². The minimum Gasteiger partial charge on any atom is -0.390 e. The standard InChI is InChI=1S/C8H16O3/c9-7-5-3-1-2-4-6-8(7)11-10/h7-10H,1-6H2. The quantitative estimate of drug-likeness (QED) is 0.452. The van der Waals surface area contributed by atoms with Crippen molar-refractivity contribution in [1.82, 2.24) is 0 Å². The zero-order chi connectivity index (χ0) is 8.10. The third kappa shape index (κ3) is 2.77.